The Balaban J connectivity index is 2.29. The SMILES string of the molecule is O=C(Nc1cccs1)C(CCCCC[N+](=O)[O-])=NO. The van der Waals surface area contributed by atoms with Crippen LogP contribution < -0.4 is 5.32 Å². The molecule has 0 atom stereocenters. The van der Waals surface area contributed by atoms with Gasteiger partial charge in [0.1, 0.15) is 5.71 Å². The number of anilines is 1. The Morgan fingerprint density at radius 1 is 1.47 bits per heavy atom. The molecule has 0 unspecified atom stereocenters. The van der Waals surface area contributed by atoms with E-state index in [2.05, 4.69) is 10.5 Å². The van der Waals surface area contributed by atoms with Crippen LogP contribution in [0.25, 0.3) is 0 Å². The van der Waals surface area contributed by atoms with Gasteiger partial charge in [-0.1, -0.05) is 5.16 Å². The summed E-state index contributed by atoms with van der Waals surface area (Å²) in [5, 5.41) is 27.0. The third-order valence-corrected chi connectivity index (χ3v) is 3.18. The Morgan fingerprint density at radius 2 is 2.26 bits per heavy atom. The van der Waals surface area contributed by atoms with Crippen molar-refractivity contribution >= 4 is 28.0 Å². The quantitative estimate of drug-likeness (QED) is 0.251. The van der Waals surface area contributed by atoms with E-state index in [1.807, 2.05) is 5.38 Å². The molecular weight excluding hydrogens is 270 g/mol. The molecule has 0 saturated heterocycles. The van der Waals surface area contributed by atoms with E-state index in [0.29, 0.717) is 30.7 Å². The summed E-state index contributed by atoms with van der Waals surface area (Å²) in [7, 11) is 0. The van der Waals surface area contributed by atoms with E-state index in [-0.39, 0.29) is 17.2 Å². The van der Waals surface area contributed by atoms with Gasteiger partial charge in [-0.3, -0.25) is 14.9 Å². The van der Waals surface area contributed by atoms with Gasteiger partial charge in [-0.05, 0) is 36.8 Å². The summed E-state index contributed by atoms with van der Waals surface area (Å²) in [6.07, 6.45) is 1.95. The van der Waals surface area contributed by atoms with Crippen molar-refractivity contribution in [3.8, 4) is 0 Å². The van der Waals surface area contributed by atoms with Gasteiger partial charge in [0.2, 0.25) is 6.54 Å². The molecule has 1 aromatic rings. The molecule has 19 heavy (non-hydrogen) atoms. The first kappa shape index (κ1) is 15.1. The van der Waals surface area contributed by atoms with Crippen molar-refractivity contribution in [2.24, 2.45) is 5.16 Å². The average molecular weight is 285 g/mol. The predicted molar refractivity (Wildman–Crippen MR) is 72.5 cm³/mol. The van der Waals surface area contributed by atoms with Crippen molar-refractivity contribution in [2.75, 3.05) is 11.9 Å². The predicted octanol–water partition coefficient (Wildman–Crippen LogP) is 2.35. The lowest BCUT2D eigenvalue weighted by molar-refractivity contribution is -0.480. The molecule has 0 radical (unpaired) electrons. The average Bonchev–Trinajstić information content (AvgIpc) is 2.86. The fourth-order valence-electron chi connectivity index (χ4n) is 1.45. The van der Waals surface area contributed by atoms with E-state index >= 15 is 0 Å². The number of hydrogen-bond donors (Lipinski definition) is 2. The van der Waals surface area contributed by atoms with Crippen LogP contribution in [0, 0.1) is 10.1 Å². The fourth-order valence-corrected chi connectivity index (χ4v) is 2.07. The van der Waals surface area contributed by atoms with Gasteiger partial charge >= 0.3 is 0 Å². The maximum absolute atomic E-state index is 11.7. The minimum absolute atomic E-state index is 0.0366. The molecule has 7 nitrogen and oxygen atoms in total. The van der Waals surface area contributed by atoms with Gasteiger partial charge in [0.05, 0.1) is 5.00 Å². The molecule has 1 amide bonds. The minimum Gasteiger partial charge on any atom is -0.410 e. The van der Waals surface area contributed by atoms with Gasteiger partial charge in [-0.2, -0.15) is 0 Å². The maximum Gasteiger partial charge on any atom is 0.274 e. The number of nitrogens with one attached hydrogen (secondary N) is 1. The standard InChI is InChI=1S/C11H15N3O4S/c15-11(12-10-6-4-8-19-10)9(13-16)5-2-1-3-7-14(17)18/h4,6,8,16H,1-3,5,7H2,(H,12,15). The topological polar surface area (TPSA) is 105 Å². The molecule has 0 bridgehead atoms. The minimum atomic E-state index is -0.445. The van der Waals surface area contributed by atoms with Crippen LogP contribution in [0.2, 0.25) is 0 Å². The zero-order chi connectivity index (χ0) is 14.1. The van der Waals surface area contributed by atoms with Crippen LogP contribution in [0.3, 0.4) is 0 Å². The molecule has 1 aromatic heterocycles. The number of nitrogens with zero attached hydrogens (tertiary/aromatic N) is 2. The largest absolute Gasteiger partial charge is 0.410 e. The highest BCUT2D eigenvalue weighted by atomic mass is 32.1. The zero-order valence-corrected chi connectivity index (χ0v) is 11.1. The van der Waals surface area contributed by atoms with Crippen LogP contribution in [0.5, 0.6) is 0 Å². The Hall–Kier alpha value is -1.96. The Bertz CT molecular complexity index is 445. The van der Waals surface area contributed by atoms with Crippen LogP contribution in [0.15, 0.2) is 22.7 Å². The lowest BCUT2D eigenvalue weighted by Gasteiger charge is -2.04. The van der Waals surface area contributed by atoms with Crippen LogP contribution >= 0.6 is 11.3 Å². The van der Waals surface area contributed by atoms with Gasteiger partial charge in [0.15, 0.2) is 0 Å². The van der Waals surface area contributed by atoms with E-state index in [4.69, 9.17) is 5.21 Å². The molecule has 8 heteroatoms. The molecule has 0 fully saturated rings. The van der Waals surface area contributed by atoms with Gasteiger partial charge in [0, 0.05) is 11.3 Å². The third kappa shape index (κ3) is 5.96. The number of thiophene rings is 1. The molecule has 1 rings (SSSR count). The molecule has 1 heterocycles. The summed E-state index contributed by atoms with van der Waals surface area (Å²) in [4.78, 5) is 21.5. The van der Waals surface area contributed by atoms with Crippen LogP contribution in [-0.2, 0) is 4.79 Å². The summed E-state index contributed by atoms with van der Waals surface area (Å²) in [6.45, 7) is -0.0764. The Kier molecular flexibility index (Phi) is 6.51. The second-order valence-electron chi connectivity index (χ2n) is 3.85. The Morgan fingerprint density at radius 3 is 2.84 bits per heavy atom. The smallest absolute Gasteiger partial charge is 0.274 e. The number of amides is 1. The summed E-state index contributed by atoms with van der Waals surface area (Å²) < 4.78 is 0. The van der Waals surface area contributed by atoms with Crippen LogP contribution in [0.4, 0.5) is 5.00 Å². The first-order valence-electron chi connectivity index (χ1n) is 5.81. The molecule has 0 spiro atoms. The number of carbonyl (C=O) groups is 1. The second kappa shape index (κ2) is 8.20. The molecule has 0 aliphatic carbocycles. The van der Waals surface area contributed by atoms with Crippen LogP contribution in [-0.4, -0.2) is 28.3 Å². The van der Waals surface area contributed by atoms with E-state index < -0.39 is 5.91 Å². The van der Waals surface area contributed by atoms with Gasteiger partial charge in [0.25, 0.3) is 5.91 Å². The van der Waals surface area contributed by atoms with E-state index in [9.17, 15) is 14.9 Å². The molecular formula is C11H15N3O4S. The van der Waals surface area contributed by atoms with Crippen molar-refractivity contribution in [3.63, 3.8) is 0 Å². The van der Waals surface area contributed by atoms with Crippen LogP contribution in [0.1, 0.15) is 25.7 Å². The monoisotopic (exact) mass is 285 g/mol. The summed E-state index contributed by atoms with van der Waals surface area (Å²) in [5.41, 5.74) is 0.0366. The first-order chi connectivity index (χ1) is 9.13. The molecule has 0 aromatic carbocycles. The number of carbonyl (C=O) groups excluding carboxylic acids is 1. The number of hydrogen-bond acceptors (Lipinski definition) is 6. The lowest BCUT2D eigenvalue weighted by atomic mass is 10.1. The summed E-state index contributed by atoms with van der Waals surface area (Å²) in [6, 6.07) is 3.54. The van der Waals surface area contributed by atoms with Gasteiger partial charge in [-0.15, -0.1) is 11.3 Å². The van der Waals surface area contributed by atoms with Crippen molar-refractivity contribution in [2.45, 2.75) is 25.7 Å². The second-order valence-corrected chi connectivity index (χ2v) is 4.79. The number of unbranched alkanes of at least 4 members (excludes halogenated alkanes) is 2. The summed E-state index contributed by atoms with van der Waals surface area (Å²) >= 11 is 1.37. The highest BCUT2D eigenvalue weighted by Gasteiger charge is 2.12. The van der Waals surface area contributed by atoms with Crippen molar-refractivity contribution < 1.29 is 14.9 Å². The normalized spacial score (nSPS) is 11.3. The molecule has 0 aliphatic heterocycles. The van der Waals surface area contributed by atoms with E-state index in [0.717, 1.165) is 0 Å². The fraction of sp³-hybridized carbons (Fsp3) is 0.455. The van der Waals surface area contributed by atoms with Crippen molar-refractivity contribution in [1.29, 1.82) is 0 Å². The maximum atomic E-state index is 11.7. The highest BCUT2D eigenvalue weighted by Crippen LogP contribution is 2.15. The van der Waals surface area contributed by atoms with E-state index in [1.54, 1.807) is 12.1 Å². The molecule has 104 valence electrons. The molecule has 2 N–H and O–H groups in total. The van der Waals surface area contributed by atoms with Gasteiger partial charge in [-0.25, -0.2) is 0 Å². The molecule has 0 saturated carbocycles. The number of rotatable bonds is 8. The van der Waals surface area contributed by atoms with E-state index in [1.165, 1.54) is 11.3 Å². The van der Waals surface area contributed by atoms with Gasteiger partial charge < -0.3 is 10.5 Å². The Labute approximate surface area is 114 Å². The molecule has 0 aliphatic rings. The first-order valence-corrected chi connectivity index (χ1v) is 6.69. The van der Waals surface area contributed by atoms with Crippen molar-refractivity contribution in [3.05, 3.63) is 27.6 Å². The lowest BCUT2D eigenvalue weighted by Crippen LogP contribution is -2.22. The number of oxime groups is 1. The third-order valence-electron chi connectivity index (χ3n) is 2.39. The summed E-state index contributed by atoms with van der Waals surface area (Å²) in [5.74, 6) is -0.445. The number of nitro groups is 1. The highest BCUT2D eigenvalue weighted by molar-refractivity contribution is 7.14. The zero-order valence-electron chi connectivity index (χ0n) is 10.2. The van der Waals surface area contributed by atoms with Crippen molar-refractivity contribution in [1.82, 2.24) is 0 Å².